The molecule has 0 aliphatic heterocycles. The van der Waals surface area contributed by atoms with Gasteiger partial charge in [-0.2, -0.15) is 0 Å². The average molecular weight is 489 g/mol. The lowest BCUT2D eigenvalue weighted by atomic mass is 9.67. The van der Waals surface area contributed by atoms with Gasteiger partial charge in [0.1, 0.15) is 0 Å². The molecular formula is C31H60N4. The fourth-order valence-electron chi connectivity index (χ4n) is 8.19. The Hall–Kier alpha value is -0.160. The van der Waals surface area contributed by atoms with Crippen molar-refractivity contribution in [3.63, 3.8) is 0 Å². The molecule has 0 spiro atoms. The van der Waals surface area contributed by atoms with E-state index in [2.05, 4.69) is 21.3 Å². The standard InChI is InChI=1S/C31H60N4/c1-3-10-30-22-26(12-14-28(30)8-1)24-34-20-6-18-32-16-5-17-33-19-7-21-35-25-27-13-15-29-9-2-4-11-31(29)23-27/h26-35H,1-25H2. The van der Waals surface area contributed by atoms with Crippen molar-refractivity contribution in [1.29, 1.82) is 0 Å². The Kier molecular flexibility index (Phi) is 13.2. The Morgan fingerprint density at radius 1 is 0.371 bits per heavy atom. The molecule has 6 unspecified atom stereocenters. The molecule has 4 N–H and O–H groups in total. The van der Waals surface area contributed by atoms with Crippen LogP contribution in [0.4, 0.5) is 0 Å². The Labute approximate surface area is 218 Å². The van der Waals surface area contributed by atoms with E-state index in [-0.39, 0.29) is 0 Å². The minimum absolute atomic E-state index is 0.958. The zero-order valence-corrected chi connectivity index (χ0v) is 23.1. The van der Waals surface area contributed by atoms with Crippen LogP contribution in [0.2, 0.25) is 0 Å². The number of fused-ring (bicyclic) bond motifs is 2. The first-order chi connectivity index (χ1) is 17.4. The van der Waals surface area contributed by atoms with Crippen molar-refractivity contribution in [2.75, 3.05) is 52.4 Å². The zero-order valence-electron chi connectivity index (χ0n) is 23.1. The van der Waals surface area contributed by atoms with Crippen LogP contribution in [0.25, 0.3) is 0 Å². The van der Waals surface area contributed by atoms with E-state index in [1.165, 1.54) is 135 Å². The molecule has 0 radical (unpaired) electrons. The first-order valence-corrected chi connectivity index (χ1v) is 16.2. The fourth-order valence-corrected chi connectivity index (χ4v) is 8.19. The van der Waals surface area contributed by atoms with Crippen molar-refractivity contribution in [2.45, 2.75) is 109 Å². The molecule has 0 bridgehead atoms. The summed E-state index contributed by atoms with van der Waals surface area (Å²) < 4.78 is 0. The second-order valence-electron chi connectivity index (χ2n) is 12.9. The van der Waals surface area contributed by atoms with Crippen molar-refractivity contribution >= 4 is 0 Å². The molecule has 0 aromatic carbocycles. The van der Waals surface area contributed by atoms with Gasteiger partial charge >= 0.3 is 0 Å². The summed E-state index contributed by atoms with van der Waals surface area (Å²) in [7, 11) is 0. The van der Waals surface area contributed by atoms with Gasteiger partial charge in [0.15, 0.2) is 0 Å². The number of hydrogen-bond acceptors (Lipinski definition) is 4. The molecule has 0 aromatic heterocycles. The highest BCUT2D eigenvalue weighted by atomic mass is 14.9. The molecule has 4 fully saturated rings. The Morgan fingerprint density at radius 2 is 0.743 bits per heavy atom. The van der Waals surface area contributed by atoms with E-state index in [0.29, 0.717) is 0 Å². The SMILES string of the molecule is C(CNCCCNCC1CCC2CCCCC2C1)CNCCCNCC1CCC2CCCCC2C1. The molecule has 0 amide bonds. The van der Waals surface area contributed by atoms with E-state index in [0.717, 1.165) is 61.7 Å². The third kappa shape index (κ3) is 10.3. The predicted octanol–water partition coefficient (Wildman–Crippen LogP) is 5.73. The first-order valence-electron chi connectivity index (χ1n) is 16.2. The lowest BCUT2D eigenvalue weighted by molar-refractivity contribution is 0.129. The molecule has 4 heteroatoms. The van der Waals surface area contributed by atoms with E-state index < -0.39 is 0 Å². The van der Waals surface area contributed by atoms with Gasteiger partial charge in [0.05, 0.1) is 0 Å². The minimum atomic E-state index is 0.958. The zero-order chi connectivity index (χ0) is 24.0. The molecule has 204 valence electrons. The van der Waals surface area contributed by atoms with Gasteiger partial charge in [0, 0.05) is 0 Å². The van der Waals surface area contributed by atoms with Crippen molar-refractivity contribution in [1.82, 2.24) is 21.3 Å². The molecule has 0 aromatic rings. The molecule has 0 heterocycles. The average Bonchev–Trinajstić information content (AvgIpc) is 2.90. The summed E-state index contributed by atoms with van der Waals surface area (Å²) in [6, 6.07) is 0. The van der Waals surface area contributed by atoms with Gasteiger partial charge in [0.2, 0.25) is 0 Å². The van der Waals surface area contributed by atoms with Gasteiger partial charge < -0.3 is 21.3 Å². The molecule has 4 aliphatic rings. The van der Waals surface area contributed by atoms with Crippen molar-refractivity contribution < 1.29 is 0 Å². The summed E-state index contributed by atoms with van der Waals surface area (Å²) in [5.74, 6) is 6.24. The molecule has 0 saturated heterocycles. The molecular weight excluding hydrogens is 428 g/mol. The van der Waals surface area contributed by atoms with Gasteiger partial charge in [-0.25, -0.2) is 0 Å². The Morgan fingerprint density at radius 3 is 1.17 bits per heavy atom. The maximum atomic E-state index is 3.76. The largest absolute Gasteiger partial charge is 0.317 e. The maximum absolute atomic E-state index is 3.76. The third-order valence-electron chi connectivity index (χ3n) is 10.3. The van der Waals surface area contributed by atoms with Crippen molar-refractivity contribution in [3.8, 4) is 0 Å². The summed E-state index contributed by atoms with van der Waals surface area (Å²) in [5.41, 5.74) is 0. The molecule has 35 heavy (non-hydrogen) atoms. The second-order valence-corrected chi connectivity index (χ2v) is 12.9. The summed E-state index contributed by atoms with van der Waals surface area (Å²) in [6.07, 6.45) is 24.9. The molecule has 4 aliphatic carbocycles. The van der Waals surface area contributed by atoms with Gasteiger partial charge in [-0.3, -0.25) is 0 Å². The Bertz CT molecular complexity index is 494. The quantitative estimate of drug-likeness (QED) is 0.210. The van der Waals surface area contributed by atoms with Crippen molar-refractivity contribution in [2.24, 2.45) is 35.5 Å². The van der Waals surface area contributed by atoms with E-state index in [1.807, 2.05) is 0 Å². The van der Waals surface area contributed by atoms with Crippen molar-refractivity contribution in [3.05, 3.63) is 0 Å². The lowest BCUT2D eigenvalue weighted by Gasteiger charge is -2.39. The van der Waals surface area contributed by atoms with Crippen LogP contribution in [0.5, 0.6) is 0 Å². The normalized spacial score (nSPS) is 33.3. The summed E-state index contributed by atoms with van der Waals surface area (Å²) in [5, 5.41) is 14.8. The van der Waals surface area contributed by atoms with Crippen LogP contribution in [0.1, 0.15) is 109 Å². The van der Waals surface area contributed by atoms with Crippen LogP contribution in [-0.4, -0.2) is 52.4 Å². The van der Waals surface area contributed by atoms with E-state index in [4.69, 9.17) is 0 Å². The monoisotopic (exact) mass is 488 g/mol. The van der Waals surface area contributed by atoms with E-state index in [9.17, 15) is 0 Å². The van der Waals surface area contributed by atoms with Crippen LogP contribution < -0.4 is 21.3 Å². The van der Waals surface area contributed by atoms with Crippen LogP contribution in [-0.2, 0) is 0 Å². The second kappa shape index (κ2) is 16.6. The first kappa shape index (κ1) is 27.9. The van der Waals surface area contributed by atoms with Crippen LogP contribution in [0, 0.1) is 35.5 Å². The van der Waals surface area contributed by atoms with Crippen LogP contribution in [0.3, 0.4) is 0 Å². The van der Waals surface area contributed by atoms with Gasteiger partial charge in [-0.1, -0.05) is 51.4 Å². The molecule has 4 rings (SSSR count). The summed E-state index contributed by atoms with van der Waals surface area (Å²) in [6.45, 7) is 9.54. The highest BCUT2D eigenvalue weighted by molar-refractivity contribution is 4.85. The third-order valence-corrected chi connectivity index (χ3v) is 10.3. The van der Waals surface area contributed by atoms with Gasteiger partial charge in [0.25, 0.3) is 0 Å². The number of rotatable bonds is 16. The minimum Gasteiger partial charge on any atom is -0.317 e. The van der Waals surface area contributed by atoms with Crippen LogP contribution in [0.15, 0.2) is 0 Å². The van der Waals surface area contributed by atoms with Gasteiger partial charge in [-0.05, 0) is 146 Å². The smallest absolute Gasteiger partial charge is 0.00204 e. The lowest BCUT2D eigenvalue weighted by Crippen LogP contribution is -2.34. The predicted molar refractivity (Wildman–Crippen MR) is 151 cm³/mol. The van der Waals surface area contributed by atoms with Crippen LogP contribution >= 0.6 is 0 Å². The highest BCUT2D eigenvalue weighted by Gasteiger charge is 2.32. The highest BCUT2D eigenvalue weighted by Crippen LogP contribution is 2.43. The number of hydrogen-bond donors (Lipinski definition) is 4. The molecule has 4 nitrogen and oxygen atoms in total. The fraction of sp³-hybridized carbons (Fsp3) is 1.00. The van der Waals surface area contributed by atoms with E-state index in [1.54, 1.807) is 0 Å². The molecule has 6 atom stereocenters. The Balaban J connectivity index is 0.858. The summed E-state index contributed by atoms with van der Waals surface area (Å²) in [4.78, 5) is 0. The maximum Gasteiger partial charge on any atom is -0.00204 e. The number of nitrogens with one attached hydrogen (secondary N) is 4. The molecule has 4 saturated carbocycles. The van der Waals surface area contributed by atoms with Gasteiger partial charge in [-0.15, -0.1) is 0 Å². The topological polar surface area (TPSA) is 48.1 Å². The van der Waals surface area contributed by atoms with E-state index >= 15 is 0 Å². The summed E-state index contributed by atoms with van der Waals surface area (Å²) >= 11 is 0.